The smallest absolute Gasteiger partial charge is 0.323 e. The highest BCUT2D eigenvalue weighted by molar-refractivity contribution is 6.42. The molecular formula is C12H13Cl2NO3. The van der Waals surface area contributed by atoms with Gasteiger partial charge in [-0.2, -0.15) is 0 Å². The average molecular weight is 290 g/mol. The average Bonchev–Trinajstić information content (AvgIpc) is 2.32. The molecule has 0 aliphatic carbocycles. The highest BCUT2D eigenvalue weighted by Crippen LogP contribution is 2.23. The van der Waals surface area contributed by atoms with Gasteiger partial charge in [-0.05, 0) is 25.1 Å². The maximum Gasteiger partial charge on any atom is 0.323 e. The van der Waals surface area contributed by atoms with E-state index in [1.807, 2.05) is 0 Å². The molecule has 0 bridgehead atoms. The molecular weight excluding hydrogens is 277 g/mol. The predicted octanol–water partition coefficient (Wildman–Crippen LogP) is 2.46. The minimum Gasteiger partial charge on any atom is -0.465 e. The van der Waals surface area contributed by atoms with Crippen LogP contribution < -0.4 is 5.73 Å². The van der Waals surface area contributed by atoms with Crippen LogP contribution in [0.2, 0.25) is 10.0 Å². The fourth-order valence-electron chi connectivity index (χ4n) is 1.32. The zero-order chi connectivity index (χ0) is 13.7. The molecule has 0 heterocycles. The molecule has 1 aromatic rings. The van der Waals surface area contributed by atoms with Gasteiger partial charge < -0.3 is 10.5 Å². The molecule has 0 aliphatic heterocycles. The summed E-state index contributed by atoms with van der Waals surface area (Å²) in [5.41, 5.74) is 5.92. The standard InChI is InChI=1S/C12H13Cl2NO3/c1-2-18-12(17)10(15)6-11(16)7-3-4-8(13)9(14)5-7/h3-5,10H,2,6,15H2,1H3. The van der Waals surface area contributed by atoms with Crippen LogP contribution in [-0.4, -0.2) is 24.4 Å². The van der Waals surface area contributed by atoms with E-state index in [9.17, 15) is 9.59 Å². The first-order chi connectivity index (χ1) is 8.45. The fraction of sp³-hybridized carbons (Fsp3) is 0.333. The second-order valence-corrected chi connectivity index (χ2v) is 4.43. The molecule has 0 fully saturated rings. The zero-order valence-electron chi connectivity index (χ0n) is 9.78. The van der Waals surface area contributed by atoms with E-state index < -0.39 is 12.0 Å². The summed E-state index contributed by atoms with van der Waals surface area (Å²) in [6.07, 6.45) is -0.128. The number of hydrogen-bond acceptors (Lipinski definition) is 4. The molecule has 0 amide bonds. The largest absolute Gasteiger partial charge is 0.465 e. The number of esters is 1. The van der Waals surface area contributed by atoms with Gasteiger partial charge in [0.1, 0.15) is 6.04 Å². The first-order valence-electron chi connectivity index (χ1n) is 5.36. The Morgan fingerprint density at radius 2 is 2.00 bits per heavy atom. The van der Waals surface area contributed by atoms with E-state index in [1.165, 1.54) is 18.2 Å². The van der Waals surface area contributed by atoms with Crippen LogP contribution in [0.4, 0.5) is 0 Å². The lowest BCUT2D eigenvalue weighted by Crippen LogP contribution is -2.34. The molecule has 0 spiro atoms. The van der Waals surface area contributed by atoms with Crippen LogP contribution in [0.15, 0.2) is 18.2 Å². The Morgan fingerprint density at radius 3 is 2.56 bits per heavy atom. The Balaban J connectivity index is 2.70. The summed E-state index contributed by atoms with van der Waals surface area (Å²) in [6.45, 7) is 1.90. The van der Waals surface area contributed by atoms with E-state index in [0.29, 0.717) is 10.6 Å². The Labute approximate surface area is 115 Å². The number of benzene rings is 1. The van der Waals surface area contributed by atoms with Gasteiger partial charge in [-0.25, -0.2) is 0 Å². The van der Waals surface area contributed by atoms with Crippen molar-refractivity contribution in [2.45, 2.75) is 19.4 Å². The number of carbonyl (C=O) groups is 2. The second-order valence-electron chi connectivity index (χ2n) is 3.61. The van der Waals surface area contributed by atoms with E-state index in [0.717, 1.165) is 0 Å². The van der Waals surface area contributed by atoms with Crippen molar-refractivity contribution in [3.8, 4) is 0 Å². The van der Waals surface area contributed by atoms with E-state index in [-0.39, 0.29) is 23.8 Å². The molecule has 1 rings (SSSR count). The first-order valence-corrected chi connectivity index (χ1v) is 6.11. The number of Topliss-reactive ketones (excluding diaryl/α,β-unsaturated/α-hetero) is 1. The molecule has 1 aromatic carbocycles. The number of rotatable bonds is 5. The summed E-state index contributed by atoms with van der Waals surface area (Å²) >= 11 is 11.5. The maximum absolute atomic E-state index is 11.8. The zero-order valence-corrected chi connectivity index (χ0v) is 11.3. The fourth-order valence-corrected chi connectivity index (χ4v) is 1.62. The third-order valence-electron chi connectivity index (χ3n) is 2.24. The summed E-state index contributed by atoms with van der Waals surface area (Å²) in [5.74, 6) is -0.875. The highest BCUT2D eigenvalue weighted by atomic mass is 35.5. The predicted molar refractivity (Wildman–Crippen MR) is 70.0 cm³/mol. The Bertz CT molecular complexity index is 463. The van der Waals surface area contributed by atoms with Gasteiger partial charge in [0.25, 0.3) is 0 Å². The molecule has 0 radical (unpaired) electrons. The molecule has 18 heavy (non-hydrogen) atoms. The van der Waals surface area contributed by atoms with Crippen molar-refractivity contribution in [2.24, 2.45) is 5.73 Å². The molecule has 2 N–H and O–H groups in total. The third kappa shape index (κ3) is 3.98. The lowest BCUT2D eigenvalue weighted by Gasteiger charge is -2.09. The Morgan fingerprint density at radius 1 is 1.33 bits per heavy atom. The van der Waals surface area contributed by atoms with Crippen molar-refractivity contribution in [3.63, 3.8) is 0 Å². The minimum atomic E-state index is -0.966. The van der Waals surface area contributed by atoms with Crippen molar-refractivity contribution < 1.29 is 14.3 Å². The molecule has 1 unspecified atom stereocenters. The second kappa shape index (κ2) is 6.73. The van der Waals surface area contributed by atoms with Gasteiger partial charge in [-0.3, -0.25) is 9.59 Å². The van der Waals surface area contributed by atoms with Crippen LogP contribution in [0.5, 0.6) is 0 Å². The minimum absolute atomic E-state index is 0.128. The molecule has 0 saturated carbocycles. The maximum atomic E-state index is 11.8. The lowest BCUT2D eigenvalue weighted by atomic mass is 10.0. The van der Waals surface area contributed by atoms with Crippen molar-refractivity contribution in [1.82, 2.24) is 0 Å². The molecule has 0 aromatic heterocycles. The van der Waals surface area contributed by atoms with Gasteiger partial charge in [0, 0.05) is 12.0 Å². The summed E-state index contributed by atoms with van der Waals surface area (Å²) in [5, 5.41) is 0.648. The van der Waals surface area contributed by atoms with Crippen LogP contribution in [0.25, 0.3) is 0 Å². The summed E-state index contributed by atoms with van der Waals surface area (Å²) in [4.78, 5) is 23.1. The van der Waals surface area contributed by atoms with Gasteiger partial charge in [0.15, 0.2) is 5.78 Å². The SMILES string of the molecule is CCOC(=O)C(N)CC(=O)c1ccc(Cl)c(Cl)c1. The topological polar surface area (TPSA) is 69.4 Å². The molecule has 0 aliphatic rings. The summed E-state index contributed by atoms with van der Waals surface area (Å²) in [7, 11) is 0. The van der Waals surface area contributed by atoms with E-state index >= 15 is 0 Å². The van der Waals surface area contributed by atoms with Crippen molar-refractivity contribution in [2.75, 3.05) is 6.61 Å². The lowest BCUT2D eigenvalue weighted by molar-refractivity contribution is -0.144. The summed E-state index contributed by atoms with van der Waals surface area (Å²) in [6, 6.07) is 3.54. The van der Waals surface area contributed by atoms with Gasteiger partial charge in [-0.15, -0.1) is 0 Å². The highest BCUT2D eigenvalue weighted by Gasteiger charge is 2.19. The molecule has 4 nitrogen and oxygen atoms in total. The molecule has 6 heteroatoms. The van der Waals surface area contributed by atoms with E-state index in [4.69, 9.17) is 33.7 Å². The number of hydrogen-bond donors (Lipinski definition) is 1. The Hall–Kier alpha value is -1.10. The quantitative estimate of drug-likeness (QED) is 0.668. The molecule has 1 atom stereocenters. The van der Waals surface area contributed by atoms with Crippen LogP contribution >= 0.6 is 23.2 Å². The molecule has 98 valence electrons. The van der Waals surface area contributed by atoms with Crippen molar-refractivity contribution in [3.05, 3.63) is 33.8 Å². The summed E-state index contributed by atoms with van der Waals surface area (Å²) < 4.78 is 4.72. The van der Waals surface area contributed by atoms with Gasteiger partial charge in [-0.1, -0.05) is 23.2 Å². The third-order valence-corrected chi connectivity index (χ3v) is 2.98. The normalized spacial score (nSPS) is 12.0. The van der Waals surface area contributed by atoms with E-state index in [2.05, 4.69) is 0 Å². The number of carbonyl (C=O) groups excluding carboxylic acids is 2. The number of halogens is 2. The van der Waals surface area contributed by atoms with Crippen LogP contribution in [0.1, 0.15) is 23.7 Å². The molecule has 0 saturated heterocycles. The monoisotopic (exact) mass is 289 g/mol. The van der Waals surface area contributed by atoms with Gasteiger partial charge >= 0.3 is 5.97 Å². The van der Waals surface area contributed by atoms with Crippen molar-refractivity contribution in [1.29, 1.82) is 0 Å². The number of ether oxygens (including phenoxy) is 1. The van der Waals surface area contributed by atoms with Crippen LogP contribution in [0, 0.1) is 0 Å². The van der Waals surface area contributed by atoms with E-state index in [1.54, 1.807) is 6.92 Å². The Kier molecular flexibility index (Phi) is 5.59. The van der Waals surface area contributed by atoms with Crippen LogP contribution in [0.3, 0.4) is 0 Å². The van der Waals surface area contributed by atoms with Gasteiger partial charge in [0.2, 0.25) is 0 Å². The number of ketones is 1. The van der Waals surface area contributed by atoms with Gasteiger partial charge in [0.05, 0.1) is 16.7 Å². The first kappa shape index (κ1) is 15.0. The number of nitrogens with two attached hydrogens (primary N) is 1. The van der Waals surface area contributed by atoms with Crippen LogP contribution in [-0.2, 0) is 9.53 Å². The van der Waals surface area contributed by atoms with Crippen molar-refractivity contribution >= 4 is 35.0 Å².